The van der Waals surface area contributed by atoms with Gasteiger partial charge >= 0.3 is 12.4 Å². The molecule has 0 saturated carbocycles. The molecular formula is C11H16F6N4. The third-order valence-corrected chi connectivity index (χ3v) is 2.94. The van der Waals surface area contributed by atoms with E-state index in [9.17, 15) is 26.3 Å². The van der Waals surface area contributed by atoms with E-state index in [1.165, 1.54) is 16.9 Å². The molecule has 0 aromatic carbocycles. The van der Waals surface area contributed by atoms with Crippen molar-refractivity contribution in [2.75, 3.05) is 0 Å². The number of aromatic nitrogens is 2. The molecule has 0 spiro atoms. The number of rotatable bonds is 5. The molecule has 1 aromatic rings. The van der Waals surface area contributed by atoms with Crippen molar-refractivity contribution in [2.45, 2.75) is 44.7 Å². The number of halogens is 6. The van der Waals surface area contributed by atoms with Crippen molar-refractivity contribution in [2.24, 2.45) is 11.8 Å². The fraction of sp³-hybridized carbons (Fsp3) is 0.727. The van der Waals surface area contributed by atoms with Crippen LogP contribution in [0.25, 0.3) is 0 Å². The number of hydrogen-bond acceptors (Lipinski definition) is 3. The van der Waals surface area contributed by atoms with E-state index in [1.807, 2.05) is 0 Å². The number of nitrogens with one attached hydrogen (secondary N) is 1. The molecule has 0 bridgehead atoms. The molecular weight excluding hydrogens is 302 g/mol. The van der Waals surface area contributed by atoms with Crippen molar-refractivity contribution in [1.29, 1.82) is 0 Å². The highest BCUT2D eigenvalue weighted by atomic mass is 19.4. The highest BCUT2D eigenvalue weighted by Gasteiger charge is 2.60. The van der Waals surface area contributed by atoms with Crippen LogP contribution in [0, 0.1) is 5.92 Å². The molecule has 0 aliphatic carbocycles. The van der Waals surface area contributed by atoms with Gasteiger partial charge in [0.1, 0.15) is 0 Å². The predicted molar refractivity (Wildman–Crippen MR) is 63.0 cm³/mol. The zero-order chi connectivity index (χ0) is 16.4. The number of alkyl halides is 6. The fourth-order valence-electron chi connectivity index (χ4n) is 1.91. The summed E-state index contributed by atoms with van der Waals surface area (Å²) in [5.41, 5.74) is 1.71. The normalized spacial score (nSPS) is 15.0. The summed E-state index contributed by atoms with van der Waals surface area (Å²) in [6, 6.07) is -0.724. The number of hydrogen-bond donors (Lipinski definition) is 2. The van der Waals surface area contributed by atoms with Crippen LogP contribution in [0.2, 0.25) is 0 Å². The molecule has 1 rings (SSSR count). The second-order valence-electron chi connectivity index (χ2n) is 4.92. The molecule has 21 heavy (non-hydrogen) atoms. The van der Waals surface area contributed by atoms with E-state index in [1.54, 1.807) is 19.3 Å². The van der Waals surface area contributed by atoms with Crippen LogP contribution in [0.3, 0.4) is 0 Å². The minimum atomic E-state index is -5.45. The van der Waals surface area contributed by atoms with Crippen molar-refractivity contribution >= 4 is 0 Å². The molecule has 0 aliphatic rings. The van der Waals surface area contributed by atoms with Gasteiger partial charge in [0.25, 0.3) is 0 Å². The molecule has 0 radical (unpaired) electrons. The lowest BCUT2D eigenvalue weighted by molar-refractivity contribution is -0.291. The topological polar surface area (TPSA) is 55.9 Å². The minimum absolute atomic E-state index is 0.0518. The van der Waals surface area contributed by atoms with Crippen LogP contribution in [0.1, 0.15) is 25.6 Å². The van der Waals surface area contributed by atoms with Crippen LogP contribution >= 0.6 is 0 Å². The second-order valence-corrected chi connectivity index (χ2v) is 4.92. The lowest BCUT2D eigenvalue weighted by Gasteiger charge is -2.29. The summed E-state index contributed by atoms with van der Waals surface area (Å²) in [5.74, 6) is 1.34. The summed E-state index contributed by atoms with van der Waals surface area (Å²) in [7, 11) is 0. The standard InChI is InChI=1S/C11H16F6N4/c1-6(2)21-4-3-7(20-21)5-8(19-18)9(10(12,13)14)11(15,16)17/h3-4,6,8-9,19H,5,18H2,1-2H3. The third kappa shape index (κ3) is 4.60. The van der Waals surface area contributed by atoms with Crippen LogP contribution in [0.4, 0.5) is 26.3 Å². The van der Waals surface area contributed by atoms with E-state index >= 15 is 0 Å². The Kier molecular flexibility index (Phi) is 5.26. The van der Waals surface area contributed by atoms with Crippen LogP contribution in [0.15, 0.2) is 12.3 Å². The summed E-state index contributed by atoms with van der Waals surface area (Å²) < 4.78 is 77.3. The summed E-state index contributed by atoms with van der Waals surface area (Å²) >= 11 is 0. The van der Waals surface area contributed by atoms with E-state index in [0.717, 1.165) is 0 Å². The summed E-state index contributed by atoms with van der Waals surface area (Å²) in [6.45, 7) is 3.56. The number of nitrogens with zero attached hydrogens (tertiary/aromatic N) is 2. The van der Waals surface area contributed by atoms with Gasteiger partial charge in [-0.25, -0.2) is 0 Å². The van der Waals surface area contributed by atoms with Crippen molar-refractivity contribution in [3.05, 3.63) is 18.0 Å². The van der Waals surface area contributed by atoms with Crippen molar-refractivity contribution in [3.8, 4) is 0 Å². The second kappa shape index (κ2) is 6.22. The minimum Gasteiger partial charge on any atom is -0.271 e. The lowest BCUT2D eigenvalue weighted by atomic mass is 9.95. The zero-order valence-corrected chi connectivity index (χ0v) is 11.3. The molecule has 122 valence electrons. The van der Waals surface area contributed by atoms with Crippen LogP contribution in [-0.2, 0) is 6.42 Å². The Morgan fingerprint density at radius 3 is 2.05 bits per heavy atom. The Bertz CT molecular complexity index is 436. The third-order valence-electron chi connectivity index (χ3n) is 2.94. The Hall–Kier alpha value is -1.29. The monoisotopic (exact) mass is 318 g/mol. The van der Waals surface area contributed by atoms with Crippen LogP contribution in [0.5, 0.6) is 0 Å². The number of hydrazine groups is 1. The van der Waals surface area contributed by atoms with Crippen molar-refractivity contribution < 1.29 is 26.3 Å². The maximum Gasteiger partial charge on any atom is 0.402 e. The van der Waals surface area contributed by atoms with Gasteiger partial charge in [-0.3, -0.25) is 16.0 Å². The van der Waals surface area contributed by atoms with E-state index in [2.05, 4.69) is 5.10 Å². The SMILES string of the molecule is CC(C)n1ccc(CC(NN)C(C(F)(F)F)C(F)(F)F)n1. The van der Waals surface area contributed by atoms with Crippen LogP contribution in [-0.4, -0.2) is 28.2 Å². The fourth-order valence-corrected chi connectivity index (χ4v) is 1.91. The van der Waals surface area contributed by atoms with Gasteiger partial charge in [0.2, 0.25) is 0 Å². The first-order valence-corrected chi connectivity index (χ1v) is 6.10. The van der Waals surface area contributed by atoms with Gasteiger partial charge in [-0.05, 0) is 19.9 Å². The summed E-state index contributed by atoms with van der Waals surface area (Å²) in [5, 5.41) is 3.93. The Labute approximate surface area is 117 Å². The maximum atomic E-state index is 12.6. The number of nitrogens with two attached hydrogens (primary N) is 1. The highest BCUT2D eigenvalue weighted by Crippen LogP contribution is 2.41. The van der Waals surface area contributed by atoms with Crippen LogP contribution < -0.4 is 11.3 Å². The van der Waals surface area contributed by atoms with Crippen molar-refractivity contribution in [3.63, 3.8) is 0 Å². The molecule has 0 saturated heterocycles. The van der Waals surface area contributed by atoms with Crippen molar-refractivity contribution in [1.82, 2.24) is 15.2 Å². The van der Waals surface area contributed by atoms with E-state index in [0.29, 0.717) is 0 Å². The molecule has 3 N–H and O–H groups in total. The smallest absolute Gasteiger partial charge is 0.271 e. The molecule has 1 heterocycles. The molecule has 0 fully saturated rings. The van der Waals surface area contributed by atoms with Gasteiger partial charge in [-0.2, -0.15) is 31.4 Å². The average Bonchev–Trinajstić information content (AvgIpc) is 2.72. The van der Waals surface area contributed by atoms with Gasteiger partial charge < -0.3 is 0 Å². The van der Waals surface area contributed by atoms with Gasteiger partial charge in [-0.1, -0.05) is 0 Å². The quantitative estimate of drug-likeness (QED) is 0.498. The Morgan fingerprint density at radius 2 is 1.71 bits per heavy atom. The molecule has 10 heteroatoms. The largest absolute Gasteiger partial charge is 0.402 e. The Balaban J connectivity index is 2.98. The van der Waals surface area contributed by atoms with Gasteiger partial charge in [0, 0.05) is 24.7 Å². The molecule has 1 unspecified atom stereocenters. The molecule has 0 amide bonds. The van der Waals surface area contributed by atoms with E-state index in [4.69, 9.17) is 5.84 Å². The molecule has 0 aliphatic heterocycles. The summed E-state index contributed by atoms with van der Waals surface area (Å²) in [6.07, 6.45) is -9.99. The first kappa shape index (κ1) is 17.8. The Morgan fingerprint density at radius 1 is 1.19 bits per heavy atom. The van der Waals surface area contributed by atoms with E-state index in [-0.39, 0.29) is 11.7 Å². The predicted octanol–water partition coefficient (Wildman–Crippen LogP) is 2.58. The van der Waals surface area contributed by atoms with Gasteiger partial charge in [-0.15, -0.1) is 0 Å². The highest BCUT2D eigenvalue weighted by molar-refractivity contribution is 5.04. The summed E-state index contributed by atoms with van der Waals surface area (Å²) in [4.78, 5) is 0. The average molecular weight is 318 g/mol. The van der Waals surface area contributed by atoms with E-state index < -0.39 is 30.7 Å². The lowest BCUT2D eigenvalue weighted by Crippen LogP contribution is -2.54. The first-order chi connectivity index (χ1) is 9.46. The molecule has 1 aromatic heterocycles. The molecule has 1 atom stereocenters. The molecule has 4 nitrogen and oxygen atoms in total. The first-order valence-electron chi connectivity index (χ1n) is 6.10. The van der Waals surface area contributed by atoms with Gasteiger partial charge in [0.05, 0.1) is 5.69 Å². The zero-order valence-electron chi connectivity index (χ0n) is 11.3. The maximum absolute atomic E-state index is 12.6. The van der Waals surface area contributed by atoms with Gasteiger partial charge in [0.15, 0.2) is 5.92 Å².